The summed E-state index contributed by atoms with van der Waals surface area (Å²) in [5.41, 5.74) is 3.39. The number of rotatable bonds is 4. The van der Waals surface area contributed by atoms with Crippen LogP contribution in [0.5, 0.6) is 0 Å². The SMILES string of the molecule is Cc1nn(C(C)C)c(C)c1NC(C)c1cc(F)cc(F)c1. The van der Waals surface area contributed by atoms with Crippen LogP contribution in [0, 0.1) is 25.5 Å². The van der Waals surface area contributed by atoms with Gasteiger partial charge in [-0.3, -0.25) is 4.68 Å². The van der Waals surface area contributed by atoms with E-state index in [-0.39, 0.29) is 12.1 Å². The summed E-state index contributed by atoms with van der Waals surface area (Å²) in [6.07, 6.45) is 0. The lowest BCUT2D eigenvalue weighted by Gasteiger charge is -2.17. The van der Waals surface area contributed by atoms with Crippen molar-refractivity contribution in [2.24, 2.45) is 0 Å². The molecule has 114 valence electrons. The van der Waals surface area contributed by atoms with Crippen LogP contribution < -0.4 is 5.32 Å². The summed E-state index contributed by atoms with van der Waals surface area (Å²) < 4.78 is 28.6. The molecular weight excluding hydrogens is 272 g/mol. The van der Waals surface area contributed by atoms with E-state index in [4.69, 9.17) is 0 Å². The topological polar surface area (TPSA) is 29.9 Å². The van der Waals surface area contributed by atoms with Gasteiger partial charge in [0.1, 0.15) is 11.6 Å². The van der Waals surface area contributed by atoms with Crippen molar-refractivity contribution in [1.29, 1.82) is 0 Å². The van der Waals surface area contributed by atoms with Crippen molar-refractivity contribution in [2.45, 2.75) is 46.7 Å². The van der Waals surface area contributed by atoms with E-state index in [2.05, 4.69) is 24.3 Å². The Kier molecular flexibility index (Phi) is 4.30. The molecule has 1 aromatic carbocycles. The maximum Gasteiger partial charge on any atom is 0.126 e. The van der Waals surface area contributed by atoms with Gasteiger partial charge in [0.15, 0.2) is 0 Å². The number of halogens is 2. The molecule has 0 amide bonds. The maximum absolute atomic E-state index is 13.3. The normalized spacial score (nSPS) is 12.8. The summed E-state index contributed by atoms with van der Waals surface area (Å²) >= 11 is 0. The van der Waals surface area contributed by atoms with Crippen LogP contribution in [-0.4, -0.2) is 9.78 Å². The molecule has 1 atom stereocenters. The van der Waals surface area contributed by atoms with Gasteiger partial charge in [0.05, 0.1) is 17.1 Å². The Balaban J connectivity index is 2.29. The zero-order valence-corrected chi connectivity index (χ0v) is 13.0. The number of aromatic nitrogens is 2. The molecule has 5 heteroatoms. The predicted molar refractivity (Wildman–Crippen MR) is 80.5 cm³/mol. The first-order chi connectivity index (χ1) is 9.79. The third-order valence-electron chi connectivity index (χ3n) is 3.56. The molecule has 3 nitrogen and oxygen atoms in total. The average Bonchev–Trinajstić information content (AvgIpc) is 2.65. The highest BCUT2D eigenvalue weighted by Crippen LogP contribution is 2.27. The molecule has 0 spiro atoms. The minimum absolute atomic E-state index is 0.211. The number of anilines is 1. The van der Waals surface area contributed by atoms with E-state index in [0.29, 0.717) is 5.56 Å². The quantitative estimate of drug-likeness (QED) is 0.897. The zero-order valence-electron chi connectivity index (χ0n) is 13.0. The number of nitrogens with zero attached hydrogens (tertiary/aromatic N) is 2. The molecule has 2 rings (SSSR count). The molecule has 0 aliphatic heterocycles. The Morgan fingerprint density at radius 1 is 1.05 bits per heavy atom. The van der Waals surface area contributed by atoms with Gasteiger partial charge < -0.3 is 5.32 Å². The first kappa shape index (κ1) is 15.5. The lowest BCUT2D eigenvalue weighted by atomic mass is 10.1. The Morgan fingerprint density at radius 3 is 2.10 bits per heavy atom. The largest absolute Gasteiger partial charge is 0.376 e. The minimum Gasteiger partial charge on any atom is -0.376 e. The highest BCUT2D eigenvalue weighted by Gasteiger charge is 2.16. The lowest BCUT2D eigenvalue weighted by Crippen LogP contribution is -2.10. The molecule has 0 aliphatic carbocycles. The van der Waals surface area contributed by atoms with Gasteiger partial charge in [-0.25, -0.2) is 8.78 Å². The van der Waals surface area contributed by atoms with Crippen LogP contribution in [0.15, 0.2) is 18.2 Å². The third-order valence-corrected chi connectivity index (χ3v) is 3.56. The first-order valence-corrected chi connectivity index (χ1v) is 7.07. The molecule has 0 aliphatic rings. The van der Waals surface area contributed by atoms with Crippen molar-refractivity contribution in [3.05, 3.63) is 46.8 Å². The van der Waals surface area contributed by atoms with Crippen LogP contribution in [0.2, 0.25) is 0 Å². The number of nitrogens with one attached hydrogen (secondary N) is 1. The summed E-state index contributed by atoms with van der Waals surface area (Å²) in [6.45, 7) is 9.91. The second kappa shape index (κ2) is 5.84. The summed E-state index contributed by atoms with van der Waals surface area (Å²) in [6, 6.07) is 3.62. The van der Waals surface area contributed by atoms with E-state index < -0.39 is 11.6 Å². The number of hydrogen-bond donors (Lipinski definition) is 1. The maximum atomic E-state index is 13.3. The average molecular weight is 293 g/mol. The highest BCUT2D eigenvalue weighted by molar-refractivity contribution is 5.53. The van der Waals surface area contributed by atoms with Gasteiger partial charge in [0.25, 0.3) is 0 Å². The second-order valence-electron chi connectivity index (χ2n) is 5.65. The molecule has 21 heavy (non-hydrogen) atoms. The second-order valence-corrected chi connectivity index (χ2v) is 5.65. The van der Waals surface area contributed by atoms with E-state index in [1.807, 2.05) is 25.5 Å². The minimum atomic E-state index is -0.565. The predicted octanol–water partition coefficient (Wildman–Crippen LogP) is 4.53. The van der Waals surface area contributed by atoms with Crippen LogP contribution >= 0.6 is 0 Å². The van der Waals surface area contributed by atoms with Crippen LogP contribution in [0.4, 0.5) is 14.5 Å². The number of benzene rings is 1. The van der Waals surface area contributed by atoms with Gasteiger partial charge in [0.2, 0.25) is 0 Å². The van der Waals surface area contributed by atoms with E-state index >= 15 is 0 Å². The zero-order chi connectivity index (χ0) is 15.7. The van der Waals surface area contributed by atoms with Crippen molar-refractivity contribution in [3.8, 4) is 0 Å². The number of hydrogen-bond acceptors (Lipinski definition) is 2. The highest BCUT2D eigenvalue weighted by atomic mass is 19.1. The van der Waals surface area contributed by atoms with Gasteiger partial charge >= 0.3 is 0 Å². The lowest BCUT2D eigenvalue weighted by molar-refractivity contribution is 0.516. The van der Waals surface area contributed by atoms with Gasteiger partial charge in [-0.15, -0.1) is 0 Å². The molecule has 0 radical (unpaired) electrons. The Morgan fingerprint density at radius 2 is 1.62 bits per heavy atom. The smallest absolute Gasteiger partial charge is 0.126 e. The molecule has 1 N–H and O–H groups in total. The van der Waals surface area contributed by atoms with E-state index in [1.54, 1.807) is 0 Å². The summed E-state index contributed by atoms with van der Waals surface area (Å²) in [7, 11) is 0. The van der Waals surface area contributed by atoms with Crippen LogP contribution in [0.25, 0.3) is 0 Å². The summed E-state index contributed by atoms with van der Waals surface area (Å²) in [5, 5.41) is 7.81. The molecule has 1 aromatic heterocycles. The molecule has 0 saturated heterocycles. The van der Waals surface area contributed by atoms with Gasteiger partial charge in [-0.2, -0.15) is 5.10 Å². The molecule has 0 bridgehead atoms. The van der Waals surface area contributed by atoms with Crippen molar-refractivity contribution in [2.75, 3.05) is 5.32 Å². The molecule has 0 fully saturated rings. The van der Waals surface area contributed by atoms with E-state index in [0.717, 1.165) is 23.1 Å². The van der Waals surface area contributed by atoms with Crippen LogP contribution in [0.1, 0.15) is 49.8 Å². The van der Waals surface area contributed by atoms with Gasteiger partial charge in [-0.05, 0) is 52.3 Å². The van der Waals surface area contributed by atoms with Crippen LogP contribution in [0.3, 0.4) is 0 Å². The Labute approximate surface area is 124 Å². The Hall–Kier alpha value is -1.91. The van der Waals surface area contributed by atoms with Crippen molar-refractivity contribution < 1.29 is 8.78 Å². The fourth-order valence-corrected chi connectivity index (χ4v) is 2.50. The van der Waals surface area contributed by atoms with Crippen molar-refractivity contribution in [1.82, 2.24) is 9.78 Å². The van der Waals surface area contributed by atoms with E-state index in [1.165, 1.54) is 12.1 Å². The Bertz CT molecular complexity index is 627. The molecule has 2 aromatic rings. The van der Waals surface area contributed by atoms with Gasteiger partial charge in [-0.1, -0.05) is 0 Å². The standard InChI is InChI=1S/C16H21F2N3/c1-9(2)21-12(5)16(11(4)20-21)19-10(3)13-6-14(17)8-15(18)7-13/h6-10,19H,1-5H3. The van der Waals surface area contributed by atoms with Crippen LogP contribution in [-0.2, 0) is 0 Å². The fraction of sp³-hybridized carbons (Fsp3) is 0.438. The molecule has 0 saturated carbocycles. The third kappa shape index (κ3) is 3.23. The number of aryl methyl sites for hydroxylation is 1. The molecule has 1 heterocycles. The van der Waals surface area contributed by atoms with E-state index in [9.17, 15) is 8.78 Å². The van der Waals surface area contributed by atoms with Gasteiger partial charge in [0, 0.05) is 18.2 Å². The molecule has 1 unspecified atom stereocenters. The first-order valence-electron chi connectivity index (χ1n) is 7.07. The monoisotopic (exact) mass is 293 g/mol. The summed E-state index contributed by atoms with van der Waals surface area (Å²) in [5.74, 6) is -1.13. The van der Waals surface area contributed by atoms with Crippen molar-refractivity contribution >= 4 is 5.69 Å². The fourth-order valence-electron chi connectivity index (χ4n) is 2.50. The molecular formula is C16H21F2N3. The van der Waals surface area contributed by atoms with Crippen molar-refractivity contribution in [3.63, 3.8) is 0 Å². The summed E-state index contributed by atoms with van der Waals surface area (Å²) in [4.78, 5) is 0.